The van der Waals surface area contributed by atoms with Crippen molar-refractivity contribution < 1.29 is 4.79 Å². The number of thiazole rings is 1. The number of benzene rings is 2. The van der Waals surface area contributed by atoms with Gasteiger partial charge in [0.1, 0.15) is 17.7 Å². The molecule has 4 aromatic rings. The normalized spacial score (nSPS) is 16.9. The average Bonchev–Trinajstić information content (AvgIpc) is 3.47. The van der Waals surface area contributed by atoms with Crippen LogP contribution in [-0.4, -0.2) is 37.1 Å². The van der Waals surface area contributed by atoms with E-state index in [1.54, 1.807) is 22.3 Å². The van der Waals surface area contributed by atoms with E-state index in [0.29, 0.717) is 5.56 Å². The lowest BCUT2D eigenvalue weighted by Gasteiger charge is -2.23. The van der Waals surface area contributed by atoms with Gasteiger partial charge in [0, 0.05) is 12.1 Å². The van der Waals surface area contributed by atoms with Gasteiger partial charge in [0.2, 0.25) is 0 Å². The van der Waals surface area contributed by atoms with Crippen LogP contribution in [0.1, 0.15) is 34.2 Å². The third-order valence-corrected chi connectivity index (χ3v) is 6.04. The van der Waals surface area contributed by atoms with E-state index in [2.05, 4.69) is 16.1 Å². The Morgan fingerprint density at radius 3 is 2.74 bits per heavy atom. The van der Waals surface area contributed by atoms with Gasteiger partial charge in [-0.25, -0.2) is 14.6 Å². The van der Waals surface area contributed by atoms with E-state index < -0.39 is 0 Å². The maximum absolute atomic E-state index is 13.1. The van der Waals surface area contributed by atoms with Gasteiger partial charge in [-0.1, -0.05) is 12.1 Å². The topological polar surface area (TPSA) is 63.9 Å². The molecule has 0 saturated carbocycles. The molecule has 27 heavy (non-hydrogen) atoms. The fourth-order valence-electron chi connectivity index (χ4n) is 3.56. The molecule has 134 valence electrons. The average molecular weight is 375 g/mol. The molecule has 1 fully saturated rings. The quantitative estimate of drug-likeness (QED) is 0.545. The number of amides is 1. The number of fused-ring (bicyclic) bond motifs is 1. The van der Waals surface area contributed by atoms with Crippen LogP contribution < -0.4 is 0 Å². The molecule has 1 atom stereocenters. The highest BCUT2D eigenvalue weighted by Gasteiger charge is 2.32. The van der Waals surface area contributed by atoms with Crippen LogP contribution in [-0.2, 0) is 0 Å². The molecule has 7 heteroatoms. The molecule has 3 heterocycles. The molecule has 1 saturated heterocycles. The zero-order chi connectivity index (χ0) is 18.2. The van der Waals surface area contributed by atoms with E-state index in [-0.39, 0.29) is 11.9 Å². The fourth-order valence-corrected chi connectivity index (χ4v) is 4.68. The summed E-state index contributed by atoms with van der Waals surface area (Å²) in [4.78, 5) is 23.8. The number of rotatable bonds is 3. The number of carbonyl (C=O) groups excluding carboxylic acids is 1. The minimum absolute atomic E-state index is 0.0573. The summed E-state index contributed by atoms with van der Waals surface area (Å²) in [6.45, 7) is 0.768. The van der Waals surface area contributed by atoms with E-state index in [9.17, 15) is 4.79 Å². The fraction of sp³-hybridized carbons (Fsp3) is 0.200. The lowest BCUT2D eigenvalue weighted by molar-refractivity contribution is 0.0735. The molecular weight excluding hydrogens is 358 g/mol. The lowest BCUT2D eigenvalue weighted by atomic mass is 10.1. The second-order valence-electron chi connectivity index (χ2n) is 6.56. The molecule has 1 amide bonds. The number of carbonyl (C=O) groups is 1. The Balaban J connectivity index is 1.41. The first kappa shape index (κ1) is 16.1. The van der Waals surface area contributed by atoms with Crippen molar-refractivity contribution in [3.63, 3.8) is 0 Å². The van der Waals surface area contributed by atoms with Crippen LogP contribution in [0.4, 0.5) is 0 Å². The van der Waals surface area contributed by atoms with Gasteiger partial charge in [-0.05, 0) is 49.2 Å². The van der Waals surface area contributed by atoms with Gasteiger partial charge in [-0.3, -0.25) is 4.79 Å². The summed E-state index contributed by atoms with van der Waals surface area (Å²) in [6.07, 6.45) is 5.10. The first-order valence-electron chi connectivity index (χ1n) is 8.91. The van der Waals surface area contributed by atoms with Crippen molar-refractivity contribution in [2.75, 3.05) is 6.54 Å². The molecule has 5 rings (SSSR count). The smallest absolute Gasteiger partial charge is 0.254 e. The zero-order valence-corrected chi connectivity index (χ0v) is 15.3. The van der Waals surface area contributed by atoms with Crippen LogP contribution in [0.15, 0.2) is 61.2 Å². The summed E-state index contributed by atoms with van der Waals surface area (Å²) < 4.78 is 2.84. The van der Waals surface area contributed by atoms with Crippen molar-refractivity contribution in [1.29, 1.82) is 0 Å². The van der Waals surface area contributed by atoms with Gasteiger partial charge < -0.3 is 4.90 Å². The Labute approximate surface area is 160 Å². The van der Waals surface area contributed by atoms with Crippen LogP contribution in [0.5, 0.6) is 0 Å². The summed E-state index contributed by atoms with van der Waals surface area (Å²) in [6, 6.07) is 15.7. The van der Waals surface area contributed by atoms with Crippen molar-refractivity contribution in [3.8, 4) is 5.69 Å². The minimum Gasteiger partial charge on any atom is -0.329 e. The summed E-state index contributed by atoms with van der Waals surface area (Å²) in [5.41, 5.74) is 2.58. The monoisotopic (exact) mass is 375 g/mol. The third-order valence-electron chi connectivity index (χ3n) is 4.91. The molecule has 0 aliphatic carbocycles. The summed E-state index contributed by atoms with van der Waals surface area (Å²) in [5.74, 6) is 0.0573. The molecule has 6 nitrogen and oxygen atoms in total. The number of likely N-dealkylation sites (tertiary alicyclic amines) is 1. The number of hydrogen-bond acceptors (Lipinski definition) is 5. The Bertz CT molecular complexity index is 1050. The minimum atomic E-state index is 0.0573. The number of hydrogen-bond donors (Lipinski definition) is 0. The van der Waals surface area contributed by atoms with E-state index in [0.717, 1.165) is 35.6 Å². The second kappa shape index (κ2) is 6.59. The van der Waals surface area contributed by atoms with Crippen LogP contribution in [0.3, 0.4) is 0 Å². The molecule has 0 spiro atoms. The Hall–Kier alpha value is -3.06. The first-order valence-corrected chi connectivity index (χ1v) is 9.73. The highest BCUT2D eigenvalue weighted by atomic mass is 32.1. The Morgan fingerprint density at radius 1 is 1.11 bits per heavy atom. The third kappa shape index (κ3) is 2.90. The van der Waals surface area contributed by atoms with Gasteiger partial charge in [-0.2, -0.15) is 5.10 Å². The van der Waals surface area contributed by atoms with Gasteiger partial charge in [0.05, 0.1) is 21.9 Å². The molecule has 0 radical (unpaired) electrons. The van der Waals surface area contributed by atoms with Crippen LogP contribution in [0.25, 0.3) is 15.9 Å². The zero-order valence-electron chi connectivity index (χ0n) is 14.5. The predicted molar refractivity (Wildman–Crippen MR) is 104 cm³/mol. The van der Waals surface area contributed by atoms with Crippen molar-refractivity contribution in [1.82, 2.24) is 24.6 Å². The van der Waals surface area contributed by atoms with Crippen LogP contribution >= 0.6 is 11.3 Å². The second-order valence-corrected chi connectivity index (χ2v) is 7.63. The van der Waals surface area contributed by atoms with Crippen molar-refractivity contribution in [2.45, 2.75) is 18.9 Å². The SMILES string of the molecule is O=C(c1ccc(-n2cncn2)cc1)N1CCCC1c1nc2ccccc2s1. The van der Waals surface area contributed by atoms with E-state index >= 15 is 0 Å². The lowest BCUT2D eigenvalue weighted by Crippen LogP contribution is -2.30. The maximum Gasteiger partial charge on any atom is 0.254 e. The van der Waals surface area contributed by atoms with E-state index in [4.69, 9.17) is 4.98 Å². The van der Waals surface area contributed by atoms with E-state index in [1.165, 1.54) is 11.0 Å². The largest absolute Gasteiger partial charge is 0.329 e. The predicted octanol–water partition coefficient (Wildman–Crippen LogP) is 3.85. The standard InChI is InChI=1S/C20H17N5OS/c26-20(14-7-9-15(10-8-14)25-13-21-12-22-25)24-11-3-5-17(24)19-23-16-4-1-2-6-18(16)27-19/h1-2,4,6-10,12-13,17H,3,5,11H2. The van der Waals surface area contributed by atoms with Crippen molar-refractivity contribution in [3.05, 3.63) is 71.8 Å². The van der Waals surface area contributed by atoms with Crippen molar-refractivity contribution in [2.24, 2.45) is 0 Å². The molecule has 0 N–H and O–H groups in total. The van der Waals surface area contributed by atoms with Gasteiger partial charge in [0.25, 0.3) is 5.91 Å². The summed E-state index contributed by atoms with van der Waals surface area (Å²) in [5, 5.41) is 5.14. The van der Waals surface area contributed by atoms with Gasteiger partial charge >= 0.3 is 0 Å². The Morgan fingerprint density at radius 2 is 1.96 bits per heavy atom. The summed E-state index contributed by atoms with van der Waals surface area (Å²) in [7, 11) is 0. The molecule has 1 aliphatic rings. The van der Waals surface area contributed by atoms with Gasteiger partial charge in [0.15, 0.2) is 0 Å². The number of nitrogens with zero attached hydrogens (tertiary/aromatic N) is 5. The summed E-state index contributed by atoms with van der Waals surface area (Å²) >= 11 is 1.69. The molecule has 2 aromatic heterocycles. The van der Waals surface area contributed by atoms with Gasteiger partial charge in [-0.15, -0.1) is 11.3 Å². The first-order chi connectivity index (χ1) is 13.3. The Kier molecular flexibility index (Phi) is 3.94. The molecule has 1 unspecified atom stereocenters. The van der Waals surface area contributed by atoms with Crippen LogP contribution in [0, 0.1) is 0 Å². The number of aromatic nitrogens is 4. The van der Waals surface area contributed by atoms with Crippen molar-refractivity contribution >= 4 is 27.5 Å². The highest BCUT2D eigenvalue weighted by Crippen LogP contribution is 2.37. The maximum atomic E-state index is 13.1. The number of para-hydroxylation sites is 1. The molecule has 2 aromatic carbocycles. The highest BCUT2D eigenvalue weighted by molar-refractivity contribution is 7.18. The van der Waals surface area contributed by atoms with E-state index in [1.807, 2.05) is 47.4 Å². The molecular formula is C20H17N5OS. The molecule has 1 aliphatic heterocycles. The molecule has 0 bridgehead atoms. The van der Waals surface area contributed by atoms with Crippen LogP contribution in [0.2, 0.25) is 0 Å².